The van der Waals surface area contributed by atoms with Crippen LogP contribution in [0.4, 0.5) is 0 Å². The maximum absolute atomic E-state index is 4.79. The molecular weight excluding hydrogens is 288 g/mol. The summed E-state index contributed by atoms with van der Waals surface area (Å²) in [6.45, 7) is 4.16. The van der Waals surface area contributed by atoms with E-state index in [0.717, 1.165) is 22.0 Å². The van der Waals surface area contributed by atoms with Gasteiger partial charge in [-0.05, 0) is 26.0 Å². The van der Waals surface area contributed by atoms with Gasteiger partial charge in [0.05, 0.1) is 10.4 Å². The van der Waals surface area contributed by atoms with Crippen molar-refractivity contribution in [1.29, 1.82) is 0 Å². The molecule has 0 bridgehead atoms. The third-order valence-corrected chi connectivity index (χ3v) is 5.82. The Kier molecular flexibility index (Phi) is 2.38. The summed E-state index contributed by atoms with van der Waals surface area (Å²) in [5.41, 5.74) is 2.27. The first-order valence-electron chi connectivity index (χ1n) is 6.40. The Balaban J connectivity index is 1.95. The zero-order chi connectivity index (χ0) is 14.0. The summed E-state index contributed by atoms with van der Waals surface area (Å²) in [7, 11) is 4.14. The Labute approximate surface area is 124 Å². The molecule has 4 nitrogen and oxygen atoms in total. The molecule has 0 fully saturated rings. The fraction of sp³-hybridized carbons (Fsp3) is 0.286. The minimum atomic E-state index is 1.03. The first-order valence-corrected chi connectivity index (χ1v) is 8.04. The molecule has 4 rings (SSSR count). The molecule has 0 saturated carbocycles. The number of hydrogen-bond donors (Lipinski definition) is 0. The van der Waals surface area contributed by atoms with E-state index >= 15 is 0 Å². The van der Waals surface area contributed by atoms with Gasteiger partial charge in [-0.2, -0.15) is 0 Å². The monoisotopic (exact) mass is 302 g/mol. The predicted octanol–water partition coefficient (Wildman–Crippen LogP) is 3.87. The van der Waals surface area contributed by atoms with E-state index in [1.165, 1.54) is 20.1 Å². The molecule has 4 aromatic heterocycles. The smallest absolute Gasteiger partial charge is 0.152 e. The Morgan fingerprint density at radius 2 is 1.80 bits per heavy atom. The van der Waals surface area contributed by atoms with Crippen molar-refractivity contribution in [3.05, 3.63) is 22.8 Å². The van der Waals surface area contributed by atoms with Crippen LogP contribution in [0.2, 0.25) is 0 Å². The molecule has 4 heterocycles. The fourth-order valence-corrected chi connectivity index (χ4v) is 4.55. The zero-order valence-electron chi connectivity index (χ0n) is 11.8. The highest BCUT2D eigenvalue weighted by molar-refractivity contribution is 7.22. The summed E-state index contributed by atoms with van der Waals surface area (Å²) < 4.78 is 4.31. The van der Waals surface area contributed by atoms with E-state index in [1.807, 2.05) is 6.92 Å². The minimum Gasteiger partial charge on any atom is -0.326 e. The predicted molar refractivity (Wildman–Crippen MR) is 85.7 cm³/mol. The first-order chi connectivity index (χ1) is 9.54. The molecule has 0 aliphatic heterocycles. The molecule has 20 heavy (non-hydrogen) atoms. The van der Waals surface area contributed by atoms with Crippen LogP contribution in [0.15, 0.2) is 12.1 Å². The molecular formula is C14H14N4S2. The first kappa shape index (κ1) is 12.1. The van der Waals surface area contributed by atoms with Crippen LogP contribution in [0.1, 0.15) is 10.7 Å². The number of hydrogen-bond acceptors (Lipinski definition) is 4. The summed E-state index contributed by atoms with van der Waals surface area (Å²) in [5, 5.41) is 0. The molecule has 0 aliphatic rings. The molecule has 102 valence electrons. The minimum absolute atomic E-state index is 1.03. The van der Waals surface area contributed by atoms with Crippen LogP contribution in [0.5, 0.6) is 0 Å². The number of rotatable bonds is 1. The van der Waals surface area contributed by atoms with Crippen LogP contribution >= 0.6 is 22.7 Å². The lowest BCUT2D eigenvalue weighted by Crippen LogP contribution is -1.91. The molecule has 6 heteroatoms. The van der Waals surface area contributed by atoms with E-state index in [2.05, 4.69) is 47.3 Å². The summed E-state index contributed by atoms with van der Waals surface area (Å²) in [6.07, 6.45) is 0. The van der Waals surface area contributed by atoms with Gasteiger partial charge >= 0.3 is 0 Å². The van der Waals surface area contributed by atoms with Crippen molar-refractivity contribution >= 4 is 43.4 Å². The molecule has 0 aromatic carbocycles. The van der Waals surface area contributed by atoms with Crippen LogP contribution in [0, 0.1) is 13.8 Å². The van der Waals surface area contributed by atoms with Crippen LogP contribution in [0.3, 0.4) is 0 Å². The Morgan fingerprint density at radius 1 is 1.00 bits per heavy atom. The van der Waals surface area contributed by atoms with Gasteiger partial charge in [-0.25, -0.2) is 9.97 Å². The van der Waals surface area contributed by atoms with E-state index in [4.69, 9.17) is 4.98 Å². The van der Waals surface area contributed by atoms with E-state index in [1.54, 1.807) is 22.7 Å². The molecule has 0 aliphatic carbocycles. The summed E-state index contributed by atoms with van der Waals surface area (Å²) in [4.78, 5) is 14.2. The second-order valence-electron chi connectivity index (χ2n) is 5.06. The largest absolute Gasteiger partial charge is 0.326 e. The van der Waals surface area contributed by atoms with E-state index in [-0.39, 0.29) is 0 Å². The summed E-state index contributed by atoms with van der Waals surface area (Å²) >= 11 is 3.50. The van der Waals surface area contributed by atoms with Gasteiger partial charge in [-0.1, -0.05) is 0 Å². The highest BCUT2D eigenvalue weighted by Gasteiger charge is 2.16. The fourth-order valence-electron chi connectivity index (χ4n) is 2.51. The third kappa shape index (κ3) is 1.52. The van der Waals surface area contributed by atoms with Crippen molar-refractivity contribution in [2.24, 2.45) is 14.1 Å². The van der Waals surface area contributed by atoms with Gasteiger partial charge < -0.3 is 9.13 Å². The Bertz CT molecular complexity index is 951. The average molecular weight is 302 g/mol. The Hall–Kier alpha value is -1.66. The number of nitrogens with zero attached hydrogens (tertiary/aromatic N) is 4. The second kappa shape index (κ2) is 3.93. The van der Waals surface area contributed by atoms with Gasteiger partial charge in [-0.3, -0.25) is 0 Å². The lowest BCUT2D eigenvalue weighted by Gasteiger charge is -1.98. The molecule has 0 amide bonds. The molecule has 0 unspecified atom stereocenters. The van der Waals surface area contributed by atoms with Crippen LogP contribution in [0.25, 0.3) is 31.4 Å². The molecule has 0 radical (unpaired) electrons. The van der Waals surface area contributed by atoms with E-state index < -0.39 is 0 Å². The molecule has 4 aromatic rings. The molecule has 0 N–H and O–H groups in total. The van der Waals surface area contributed by atoms with Crippen LogP contribution < -0.4 is 0 Å². The van der Waals surface area contributed by atoms with E-state index in [9.17, 15) is 0 Å². The third-order valence-electron chi connectivity index (χ3n) is 3.69. The number of thiophene rings is 2. The topological polar surface area (TPSA) is 35.6 Å². The van der Waals surface area contributed by atoms with Crippen molar-refractivity contribution in [1.82, 2.24) is 19.1 Å². The molecule has 0 saturated heterocycles. The number of aryl methyl sites for hydroxylation is 4. The SMILES string of the molecule is Cc1cc2c(nc(-c3cc4nc(C)n(C)c4s3)n2C)s1. The van der Waals surface area contributed by atoms with Crippen molar-refractivity contribution < 1.29 is 0 Å². The lowest BCUT2D eigenvalue weighted by molar-refractivity contribution is 0.891. The summed E-state index contributed by atoms with van der Waals surface area (Å²) in [5.74, 6) is 2.08. The Morgan fingerprint density at radius 3 is 2.50 bits per heavy atom. The normalized spacial score (nSPS) is 12.0. The number of aromatic nitrogens is 4. The van der Waals surface area contributed by atoms with Gasteiger partial charge in [0.15, 0.2) is 5.82 Å². The van der Waals surface area contributed by atoms with Gasteiger partial charge in [0.25, 0.3) is 0 Å². The van der Waals surface area contributed by atoms with Gasteiger partial charge in [-0.15, -0.1) is 22.7 Å². The van der Waals surface area contributed by atoms with Crippen LogP contribution in [-0.4, -0.2) is 19.1 Å². The maximum Gasteiger partial charge on any atom is 0.152 e. The van der Waals surface area contributed by atoms with Crippen molar-refractivity contribution in [3.63, 3.8) is 0 Å². The lowest BCUT2D eigenvalue weighted by atomic mass is 10.4. The van der Waals surface area contributed by atoms with Gasteiger partial charge in [0.1, 0.15) is 21.0 Å². The van der Waals surface area contributed by atoms with Crippen molar-refractivity contribution in [2.75, 3.05) is 0 Å². The molecule has 0 atom stereocenters. The molecule has 0 spiro atoms. The van der Waals surface area contributed by atoms with Crippen LogP contribution in [-0.2, 0) is 14.1 Å². The quantitative estimate of drug-likeness (QED) is 0.535. The van der Waals surface area contributed by atoms with Gasteiger partial charge in [0.2, 0.25) is 0 Å². The number of fused-ring (bicyclic) bond motifs is 2. The van der Waals surface area contributed by atoms with Crippen molar-refractivity contribution in [3.8, 4) is 10.7 Å². The van der Waals surface area contributed by atoms with Crippen molar-refractivity contribution in [2.45, 2.75) is 13.8 Å². The number of imidazole rings is 2. The van der Waals surface area contributed by atoms with E-state index in [0.29, 0.717) is 0 Å². The average Bonchev–Trinajstić information content (AvgIpc) is 3.08. The highest BCUT2D eigenvalue weighted by atomic mass is 32.1. The second-order valence-corrected chi connectivity index (χ2v) is 7.33. The maximum atomic E-state index is 4.79. The van der Waals surface area contributed by atoms with Gasteiger partial charge in [0, 0.05) is 19.0 Å². The summed E-state index contributed by atoms with van der Waals surface area (Å²) in [6, 6.07) is 4.35. The zero-order valence-corrected chi connectivity index (χ0v) is 13.4. The standard InChI is InChI=1S/C14H14N4S2/c1-7-5-10-13(19-7)16-12(18(10)4)11-6-9-14(20-11)17(3)8(2)15-9/h5-6H,1-4H3. The highest BCUT2D eigenvalue weighted by Crippen LogP contribution is 2.35.